The Kier molecular flexibility index (Phi) is 5.76. The monoisotopic (exact) mass is 384 g/mol. The first-order valence-electron chi connectivity index (χ1n) is 8.54. The van der Waals surface area contributed by atoms with Crippen LogP contribution in [0.5, 0.6) is 5.88 Å². The second kappa shape index (κ2) is 8.22. The fourth-order valence-electron chi connectivity index (χ4n) is 2.86. The van der Waals surface area contributed by atoms with Crippen molar-refractivity contribution in [2.45, 2.75) is 26.8 Å². The van der Waals surface area contributed by atoms with Crippen molar-refractivity contribution < 1.29 is 9.53 Å². The molecule has 6 nitrogen and oxygen atoms in total. The molecule has 3 aromatic rings. The molecular formula is C20H21ClN4O2. The summed E-state index contributed by atoms with van der Waals surface area (Å²) in [7, 11) is 1.56. The quantitative estimate of drug-likeness (QED) is 0.707. The molecule has 2 aromatic heterocycles. The van der Waals surface area contributed by atoms with Crippen LogP contribution < -0.4 is 10.1 Å². The van der Waals surface area contributed by atoms with E-state index in [1.807, 2.05) is 48.9 Å². The van der Waals surface area contributed by atoms with Crippen LogP contribution in [-0.4, -0.2) is 27.8 Å². The Morgan fingerprint density at radius 2 is 1.96 bits per heavy atom. The van der Waals surface area contributed by atoms with Crippen molar-refractivity contribution in [3.05, 3.63) is 70.1 Å². The second-order valence-corrected chi connectivity index (χ2v) is 6.63. The SMILES string of the molecule is COc1cc(CNC(=O)Cc2c(C)nn(-c3ccc(Cl)cc3)c2C)ccn1. The third-order valence-electron chi connectivity index (χ3n) is 4.35. The Balaban J connectivity index is 1.69. The van der Waals surface area contributed by atoms with Gasteiger partial charge >= 0.3 is 0 Å². The number of aromatic nitrogens is 3. The van der Waals surface area contributed by atoms with Crippen LogP contribution in [0.15, 0.2) is 42.6 Å². The van der Waals surface area contributed by atoms with Crippen LogP contribution in [0.4, 0.5) is 0 Å². The molecule has 1 amide bonds. The third kappa shape index (κ3) is 4.46. The van der Waals surface area contributed by atoms with Gasteiger partial charge in [-0.1, -0.05) is 11.6 Å². The van der Waals surface area contributed by atoms with Gasteiger partial charge in [-0.05, 0) is 49.7 Å². The number of pyridine rings is 1. The molecule has 0 atom stereocenters. The van der Waals surface area contributed by atoms with Crippen molar-refractivity contribution in [1.29, 1.82) is 0 Å². The molecule has 0 spiro atoms. The highest BCUT2D eigenvalue weighted by Crippen LogP contribution is 2.20. The summed E-state index contributed by atoms with van der Waals surface area (Å²) in [6.45, 7) is 4.29. The highest BCUT2D eigenvalue weighted by Gasteiger charge is 2.16. The lowest BCUT2D eigenvalue weighted by atomic mass is 10.1. The van der Waals surface area contributed by atoms with Crippen molar-refractivity contribution in [3.8, 4) is 11.6 Å². The van der Waals surface area contributed by atoms with Gasteiger partial charge in [-0.3, -0.25) is 4.79 Å². The van der Waals surface area contributed by atoms with Crippen LogP contribution in [0.2, 0.25) is 5.02 Å². The van der Waals surface area contributed by atoms with Gasteiger partial charge in [-0.15, -0.1) is 0 Å². The van der Waals surface area contributed by atoms with Crippen molar-refractivity contribution in [2.24, 2.45) is 0 Å². The average Bonchev–Trinajstić information content (AvgIpc) is 2.95. The summed E-state index contributed by atoms with van der Waals surface area (Å²) in [6, 6.07) is 11.1. The Hall–Kier alpha value is -2.86. The molecule has 0 saturated carbocycles. The largest absolute Gasteiger partial charge is 0.481 e. The normalized spacial score (nSPS) is 10.7. The molecule has 0 aliphatic heterocycles. The molecule has 140 valence electrons. The molecular weight excluding hydrogens is 364 g/mol. The maximum Gasteiger partial charge on any atom is 0.224 e. The van der Waals surface area contributed by atoms with Crippen LogP contribution in [0, 0.1) is 13.8 Å². The first kappa shape index (κ1) is 18.9. The molecule has 0 saturated heterocycles. The lowest BCUT2D eigenvalue weighted by molar-refractivity contribution is -0.120. The lowest BCUT2D eigenvalue weighted by Crippen LogP contribution is -2.25. The molecule has 0 bridgehead atoms. The van der Waals surface area contributed by atoms with Crippen molar-refractivity contribution in [2.75, 3.05) is 7.11 Å². The van der Waals surface area contributed by atoms with E-state index in [1.165, 1.54) is 0 Å². The highest BCUT2D eigenvalue weighted by atomic mass is 35.5. The maximum absolute atomic E-state index is 12.4. The van der Waals surface area contributed by atoms with E-state index in [2.05, 4.69) is 15.4 Å². The average molecular weight is 385 g/mol. The number of benzene rings is 1. The van der Waals surface area contributed by atoms with E-state index in [9.17, 15) is 4.79 Å². The molecule has 7 heteroatoms. The topological polar surface area (TPSA) is 69.0 Å². The van der Waals surface area contributed by atoms with E-state index in [4.69, 9.17) is 16.3 Å². The van der Waals surface area contributed by atoms with Gasteiger partial charge < -0.3 is 10.1 Å². The summed E-state index contributed by atoms with van der Waals surface area (Å²) < 4.78 is 6.93. The first-order chi connectivity index (χ1) is 13.0. The van der Waals surface area contributed by atoms with Crippen LogP contribution in [0.1, 0.15) is 22.5 Å². The highest BCUT2D eigenvalue weighted by molar-refractivity contribution is 6.30. The molecule has 0 fully saturated rings. The number of methoxy groups -OCH3 is 1. The van der Waals surface area contributed by atoms with Crippen LogP contribution in [-0.2, 0) is 17.8 Å². The van der Waals surface area contributed by atoms with E-state index < -0.39 is 0 Å². The Labute approximate surface area is 163 Å². The van der Waals surface area contributed by atoms with Crippen molar-refractivity contribution in [3.63, 3.8) is 0 Å². The zero-order chi connectivity index (χ0) is 19.4. The molecule has 1 aromatic carbocycles. The molecule has 0 radical (unpaired) electrons. The van der Waals surface area contributed by atoms with Crippen LogP contribution >= 0.6 is 11.6 Å². The number of ether oxygens (including phenoxy) is 1. The molecule has 27 heavy (non-hydrogen) atoms. The van der Waals surface area contributed by atoms with Gasteiger partial charge in [0.1, 0.15) is 0 Å². The molecule has 0 aliphatic rings. The van der Waals surface area contributed by atoms with Crippen molar-refractivity contribution >= 4 is 17.5 Å². The molecule has 0 unspecified atom stereocenters. The molecule has 0 aliphatic carbocycles. The minimum atomic E-state index is -0.0624. The van der Waals surface area contributed by atoms with E-state index in [-0.39, 0.29) is 12.3 Å². The summed E-state index contributed by atoms with van der Waals surface area (Å²) in [4.78, 5) is 16.5. The second-order valence-electron chi connectivity index (χ2n) is 6.20. The number of amides is 1. The summed E-state index contributed by atoms with van der Waals surface area (Å²) in [5.41, 5.74) is 4.55. The fraction of sp³-hybridized carbons (Fsp3) is 0.250. The predicted molar refractivity (Wildman–Crippen MR) is 104 cm³/mol. The van der Waals surface area contributed by atoms with E-state index in [0.717, 1.165) is 28.2 Å². The minimum absolute atomic E-state index is 0.0624. The number of carbonyl (C=O) groups excluding carboxylic acids is 1. The molecule has 1 N–H and O–H groups in total. The molecule has 3 rings (SSSR count). The van der Waals surface area contributed by atoms with Gasteiger partial charge in [0, 0.05) is 35.1 Å². The minimum Gasteiger partial charge on any atom is -0.481 e. The summed E-state index contributed by atoms with van der Waals surface area (Å²) >= 11 is 5.95. The maximum atomic E-state index is 12.4. The number of halogens is 1. The van der Waals surface area contributed by atoms with Crippen molar-refractivity contribution in [1.82, 2.24) is 20.1 Å². The summed E-state index contributed by atoms with van der Waals surface area (Å²) in [5.74, 6) is 0.463. The number of hydrogen-bond donors (Lipinski definition) is 1. The van der Waals surface area contributed by atoms with Gasteiger partial charge in [0.05, 0.1) is 24.9 Å². The fourth-order valence-corrected chi connectivity index (χ4v) is 2.99. The van der Waals surface area contributed by atoms with E-state index >= 15 is 0 Å². The standard InChI is InChI=1S/C20H21ClN4O2/c1-13-18(14(2)25(24-13)17-6-4-16(21)5-7-17)11-19(26)23-12-15-8-9-22-20(10-15)27-3/h4-10H,11-12H2,1-3H3,(H,23,26). The summed E-state index contributed by atoms with van der Waals surface area (Å²) in [5, 5.41) is 8.18. The Morgan fingerprint density at radius 3 is 2.67 bits per heavy atom. The number of nitrogens with one attached hydrogen (secondary N) is 1. The predicted octanol–water partition coefficient (Wildman–Crippen LogP) is 3.41. The smallest absolute Gasteiger partial charge is 0.224 e. The zero-order valence-electron chi connectivity index (χ0n) is 15.5. The van der Waals surface area contributed by atoms with Gasteiger partial charge in [-0.25, -0.2) is 9.67 Å². The number of hydrogen-bond acceptors (Lipinski definition) is 4. The van der Waals surface area contributed by atoms with Crippen LogP contribution in [0.3, 0.4) is 0 Å². The zero-order valence-corrected chi connectivity index (χ0v) is 16.2. The number of rotatable bonds is 6. The lowest BCUT2D eigenvalue weighted by Gasteiger charge is -2.08. The van der Waals surface area contributed by atoms with Gasteiger partial charge in [-0.2, -0.15) is 5.10 Å². The molecule has 2 heterocycles. The summed E-state index contributed by atoms with van der Waals surface area (Å²) in [6.07, 6.45) is 1.93. The van der Waals surface area contributed by atoms with Crippen LogP contribution in [0.25, 0.3) is 5.69 Å². The Morgan fingerprint density at radius 1 is 1.22 bits per heavy atom. The Bertz CT molecular complexity index is 951. The van der Waals surface area contributed by atoms with E-state index in [1.54, 1.807) is 19.4 Å². The third-order valence-corrected chi connectivity index (χ3v) is 4.60. The number of carbonyl (C=O) groups is 1. The van der Waals surface area contributed by atoms with Gasteiger partial charge in [0.15, 0.2) is 0 Å². The van der Waals surface area contributed by atoms with Gasteiger partial charge in [0.25, 0.3) is 0 Å². The first-order valence-corrected chi connectivity index (χ1v) is 8.92. The van der Waals surface area contributed by atoms with Gasteiger partial charge in [0.2, 0.25) is 11.8 Å². The number of nitrogens with zero attached hydrogens (tertiary/aromatic N) is 3. The number of aryl methyl sites for hydroxylation is 1. The van der Waals surface area contributed by atoms with E-state index in [0.29, 0.717) is 17.4 Å².